The molecule has 7 aromatic carbocycles. The Morgan fingerprint density at radius 3 is 1.70 bits per heavy atom. The van der Waals surface area contributed by atoms with Crippen molar-refractivity contribution in [2.75, 3.05) is 0 Å². The number of rotatable bonds is 5. The molecule has 0 fully saturated rings. The summed E-state index contributed by atoms with van der Waals surface area (Å²) in [5.41, 5.74) is 13.6. The minimum atomic E-state index is 0.553. The van der Waals surface area contributed by atoms with Crippen molar-refractivity contribution in [2.45, 2.75) is 0 Å². The molecule has 10 aromatic rings. The van der Waals surface area contributed by atoms with E-state index in [-0.39, 0.29) is 0 Å². The molecule has 56 heavy (non-hydrogen) atoms. The summed E-state index contributed by atoms with van der Waals surface area (Å²) in [6, 6.07) is 57.7. The van der Waals surface area contributed by atoms with Crippen molar-refractivity contribution in [2.24, 2.45) is 0 Å². The monoisotopic (exact) mass is 712 g/mol. The van der Waals surface area contributed by atoms with Gasteiger partial charge in [0.2, 0.25) is 0 Å². The highest BCUT2D eigenvalue weighted by Crippen LogP contribution is 2.42. The van der Waals surface area contributed by atoms with Gasteiger partial charge in [0.25, 0.3) is 0 Å². The Hall–Kier alpha value is -8.24. The molecular weight excluding hydrogens is 685 g/mol. The van der Waals surface area contributed by atoms with E-state index in [0.717, 1.165) is 88.4 Å². The average molecular weight is 713 g/mol. The van der Waals surface area contributed by atoms with Crippen LogP contribution in [-0.2, 0) is 0 Å². The maximum Gasteiger partial charge on any atom is 0.187 e. The van der Waals surface area contributed by atoms with Gasteiger partial charge in [0.05, 0.1) is 63.3 Å². The summed E-state index contributed by atoms with van der Waals surface area (Å²) in [5, 5.41) is 24.2. The molecule has 0 bridgehead atoms. The van der Waals surface area contributed by atoms with Gasteiger partial charge in [0, 0.05) is 45.1 Å². The number of pyridine rings is 1. The lowest BCUT2D eigenvalue weighted by atomic mass is 10.00. The first-order valence-corrected chi connectivity index (χ1v) is 18.2. The zero-order valence-electron chi connectivity index (χ0n) is 29.8. The summed E-state index contributed by atoms with van der Waals surface area (Å²) in [4.78, 5) is 8.33. The summed E-state index contributed by atoms with van der Waals surface area (Å²) >= 11 is 0. The second-order valence-corrected chi connectivity index (χ2v) is 13.8. The number of fused-ring (bicyclic) bond motifs is 6. The third-order valence-corrected chi connectivity index (χ3v) is 10.7. The lowest BCUT2D eigenvalue weighted by Gasteiger charge is -2.18. The lowest BCUT2D eigenvalue weighted by molar-refractivity contribution is 1.14. The van der Waals surface area contributed by atoms with Gasteiger partial charge in [0.15, 0.2) is 5.69 Å². The fraction of sp³-hybridized carbons (Fsp3) is 0. The van der Waals surface area contributed by atoms with Gasteiger partial charge in [-0.05, 0) is 95.1 Å². The van der Waals surface area contributed by atoms with E-state index in [2.05, 4.69) is 116 Å². The summed E-state index contributed by atoms with van der Waals surface area (Å²) in [5.74, 6) is 0. The van der Waals surface area contributed by atoms with Crippen molar-refractivity contribution in [3.05, 3.63) is 193 Å². The number of para-hydroxylation sites is 2. The fourth-order valence-electron chi connectivity index (χ4n) is 8.15. The maximum atomic E-state index is 10.2. The Kier molecular flexibility index (Phi) is 7.53. The molecule has 0 aliphatic rings. The zero-order chi connectivity index (χ0) is 37.8. The standard InChI is InChI=1S/C50H28N6/c1-53-38-11-7-10-35(26-38)37-18-21-48-43(28-37)40-13-3-5-15-46(40)56(48)50-25-33(30-52)16-19-41(50)44-31-54-23-22-49(44)55-45-14-4-2-12-39(45)42-27-36(17-20-47(42)55)34-9-6-8-32(24-34)29-51/h2-28,31H. The van der Waals surface area contributed by atoms with Crippen LogP contribution in [0.15, 0.2) is 170 Å². The molecule has 0 atom stereocenters. The van der Waals surface area contributed by atoms with E-state index < -0.39 is 0 Å². The number of hydrogen-bond acceptors (Lipinski definition) is 3. The van der Waals surface area contributed by atoms with Gasteiger partial charge in [0.1, 0.15) is 0 Å². The van der Waals surface area contributed by atoms with Crippen molar-refractivity contribution in [1.82, 2.24) is 14.1 Å². The Labute approximate surface area is 322 Å². The van der Waals surface area contributed by atoms with Crippen LogP contribution in [0.1, 0.15) is 11.1 Å². The summed E-state index contributed by atoms with van der Waals surface area (Å²) < 4.78 is 4.55. The molecule has 0 saturated carbocycles. The Morgan fingerprint density at radius 2 is 1.04 bits per heavy atom. The number of nitrogens with zero attached hydrogens (tertiary/aromatic N) is 6. The molecule has 0 aliphatic heterocycles. The summed E-state index contributed by atoms with van der Waals surface area (Å²) in [7, 11) is 0. The van der Waals surface area contributed by atoms with Crippen molar-refractivity contribution < 1.29 is 0 Å². The van der Waals surface area contributed by atoms with E-state index in [9.17, 15) is 10.5 Å². The minimum absolute atomic E-state index is 0.553. The van der Waals surface area contributed by atoms with E-state index in [4.69, 9.17) is 6.57 Å². The van der Waals surface area contributed by atoms with Gasteiger partial charge in [-0.2, -0.15) is 10.5 Å². The first-order valence-electron chi connectivity index (χ1n) is 18.2. The lowest BCUT2D eigenvalue weighted by Crippen LogP contribution is -2.02. The second-order valence-electron chi connectivity index (χ2n) is 13.8. The Balaban J connectivity index is 1.21. The highest BCUT2D eigenvalue weighted by molar-refractivity contribution is 6.12. The van der Waals surface area contributed by atoms with E-state index in [1.54, 1.807) is 0 Å². The van der Waals surface area contributed by atoms with Crippen LogP contribution in [0.2, 0.25) is 0 Å². The molecule has 258 valence electrons. The predicted octanol–water partition coefficient (Wildman–Crippen LogP) is 12.6. The molecule has 0 amide bonds. The molecule has 0 saturated heterocycles. The topological polar surface area (TPSA) is 74.7 Å². The Morgan fingerprint density at radius 1 is 0.464 bits per heavy atom. The van der Waals surface area contributed by atoms with Crippen LogP contribution in [0.4, 0.5) is 5.69 Å². The van der Waals surface area contributed by atoms with Crippen LogP contribution in [0.3, 0.4) is 0 Å². The minimum Gasteiger partial charge on any atom is -0.309 e. The van der Waals surface area contributed by atoms with E-state index in [1.807, 2.05) is 85.2 Å². The van der Waals surface area contributed by atoms with Crippen molar-refractivity contribution in [3.63, 3.8) is 0 Å². The van der Waals surface area contributed by atoms with Crippen LogP contribution >= 0.6 is 0 Å². The SMILES string of the molecule is [C-]#[N+]c1cccc(-c2ccc3c(c2)c2ccccc2n3-c2cc(C#N)ccc2-c2cnccc2-n2c3ccccc3c3cc(-c4cccc(C#N)c4)ccc32)c1. The van der Waals surface area contributed by atoms with Crippen molar-refractivity contribution >= 4 is 49.3 Å². The van der Waals surface area contributed by atoms with Crippen LogP contribution in [0, 0.1) is 29.2 Å². The first-order chi connectivity index (χ1) is 27.6. The average Bonchev–Trinajstić information content (AvgIpc) is 3.78. The Bertz CT molecular complexity index is 3360. The zero-order valence-corrected chi connectivity index (χ0v) is 29.8. The van der Waals surface area contributed by atoms with Gasteiger partial charge >= 0.3 is 0 Å². The normalized spacial score (nSPS) is 11.2. The van der Waals surface area contributed by atoms with E-state index >= 15 is 0 Å². The van der Waals surface area contributed by atoms with Crippen molar-refractivity contribution in [3.8, 4) is 56.9 Å². The molecule has 6 heteroatoms. The second kappa shape index (κ2) is 13.0. The highest BCUT2D eigenvalue weighted by atomic mass is 15.0. The number of benzene rings is 7. The molecule has 0 spiro atoms. The van der Waals surface area contributed by atoms with Gasteiger partial charge in [-0.3, -0.25) is 4.98 Å². The number of aromatic nitrogens is 3. The largest absolute Gasteiger partial charge is 0.309 e. The molecule has 3 heterocycles. The van der Waals surface area contributed by atoms with Crippen LogP contribution < -0.4 is 0 Å². The molecule has 0 unspecified atom stereocenters. The summed E-state index contributed by atoms with van der Waals surface area (Å²) in [6.45, 7) is 7.54. The van der Waals surface area contributed by atoms with Gasteiger partial charge in [-0.15, -0.1) is 0 Å². The predicted molar refractivity (Wildman–Crippen MR) is 225 cm³/mol. The first kappa shape index (κ1) is 32.4. The van der Waals surface area contributed by atoms with Crippen molar-refractivity contribution in [1.29, 1.82) is 10.5 Å². The van der Waals surface area contributed by atoms with Gasteiger partial charge < -0.3 is 9.13 Å². The smallest absolute Gasteiger partial charge is 0.187 e. The molecule has 0 aliphatic carbocycles. The highest BCUT2D eigenvalue weighted by Gasteiger charge is 2.21. The van der Waals surface area contributed by atoms with Gasteiger partial charge in [-0.25, -0.2) is 4.85 Å². The van der Waals surface area contributed by atoms with Gasteiger partial charge in [-0.1, -0.05) is 84.9 Å². The quantitative estimate of drug-likeness (QED) is 0.167. The summed E-state index contributed by atoms with van der Waals surface area (Å²) in [6.07, 6.45) is 3.74. The molecule has 0 radical (unpaired) electrons. The van der Waals surface area contributed by atoms with E-state index in [1.165, 1.54) is 0 Å². The molecule has 6 nitrogen and oxygen atoms in total. The fourth-order valence-corrected chi connectivity index (χ4v) is 8.15. The van der Waals surface area contributed by atoms with Crippen LogP contribution in [0.5, 0.6) is 0 Å². The number of nitriles is 2. The molecule has 0 N–H and O–H groups in total. The third-order valence-electron chi connectivity index (χ3n) is 10.7. The van der Waals surface area contributed by atoms with Crippen LogP contribution in [-0.4, -0.2) is 14.1 Å². The van der Waals surface area contributed by atoms with E-state index in [0.29, 0.717) is 16.8 Å². The maximum absolute atomic E-state index is 10.2. The number of hydrogen-bond donors (Lipinski definition) is 0. The molecular formula is C50H28N6. The third kappa shape index (κ3) is 5.12. The molecule has 10 rings (SSSR count). The van der Waals surface area contributed by atoms with Crippen LogP contribution in [0.25, 0.3) is 93.2 Å². The molecule has 3 aromatic heterocycles.